The predicted octanol–water partition coefficient (Wildman–Crippen LogP) is 4.06. The van der Waals surface area contributed by atoms with E-state index in [2.05, 4.69) is 50.1 Å². The molecule has 1 aliphatic carbocycles. The standard InChI is InChI=1S/C18H30N2/c1-5-20-17-12-14(2)6-7-16(17)18(3,4)13-15-8-10-19-11-9-15/h8-11,14,16-17,20H,5-7,12-13H2,1-4H3. The number of aromatic nitrogens is 1. The van der Waals surface area contributed by atoms with Gasteiger partial charge in [-0.1, -0.05) is 34.1 Å². The lowest BCUT2D eigenvalue weighted by Gasteiger charge is -2.45. The maximum absolute atomic E-state index is 4.13. The van der Waals surface area contributed by atoms with Crippen molar-refractivity contribution in [2.75, 3.05) is 6.54 Å². The number of nitrogens with one attached hydrogen (secondary N) is 1. The SMILES string of the molecule is CCNC1CC(C)CCC1C(C)(C)Cc1ccncc1. The van der Waals surface area contributed by atoms with Crippen molar-refractivity contribution in [1.82, 2.24) is 10.3 Å². The quantitative estimate of drug-likeness (QED) is 0.875. The molecule has 3 unspecified atom stereocenters. The highest BCUT2D eigenvalue weighted by Gasteiger charge is 2.38. The van der Waals surface area contributed by atoms with Crippen LogP contribution in [0, 0.1) is 17.3 Å². The lowest BCUT2D eigenvalue weighted by Crippen LogP contribution is -2.47. The van der Waals surface area contributed by atoms with Gasteiger partial charge in [0.15, 0.2) is 0 Å². The van der Waals surface area contributed by atoms with Crippen LogP contribution in [0.1, 0.15) is 52.5 Å². The van der Waals surface area contributed by atoms with Gasteiger partial charge in [0.1, 0.15) is 0 Å². The molecule has 0 radical (unpaired) electrons. The second-order valence-electron chi connectivity index (χ2n) is 7.21. The van der Waals surface area contributed by atoms with Crippen LogP contribution in [-0.4, -0.2) is 17.6 Å². The molecule has 2 rings (SSSR count). The summed E-state index contributed by atoms with van der Waals surface area (Å²) < 4.78 is 0. The second-order valence-corrected chi connectivity index (χ2v) is 7.21. The van der Waals surface area contributed by atoms with Gasteiger partial charge in [-0.05, 0) is 60.8 Å². The van der Waals surface area contributed by atoms with Crippen molar-refractivity contribution in [2.45, 2.75) is 59.4 Å². The van der Waals surface area contributed by atoms with Gasteiger partial charge in [-0.15, -0.1) is 0 Å². The Bertz CT molecular complexity index is 399. The molecular formula is C18H30N2. The van der Waals surface area contributed by atoms with Crippen LogP contribution in [0.25, 0.3) is 0 Å². The average molecular weight is 274 g/mol. The summed E-state index contributed by atoms with van der Waals surface area (Å²) in [5.74, 6) is 1.64. The first-order valence-corrected chi connectivity index (χ1v) is 8.15. The minimum absolute atomic E-state index is 0.342. The van der Waals surface area contributed by atoms with Crippen molar-refractivity contribution in [3.8, 4) is 0 Å². The minimum atomic E-state index is 0.342. The molecule has 1 fully saturated rings. The molecule has 0 saturated heterocycles. The van der Waals surface area contributed by atoms with Crippen LogP contribution in [0.15, 0.2) is 24.5 Å². The van der Waals surface area contributed by atoms with Crippen molar-refractivity contribution in [2.24, 2.45) is 17.3 Å². The lowest BCUT2D eigenvalue weighted by atomic mass is 9.64. The van der Waals surface area contributed by atoms with Gasteiger partial charge in [-0.2, -0.15) is 0 Å². The van der Waals surface area contributed by atoms with Crippen molar-refractivity contribution < 1.29 is 0 Å². The molecule has 0 bridgehead atoms. The van der Waals surface area contributed by atoms with Gasteiger partial charge in [0.05, 0.1) is 0 Å². The Morgan fingerprint density at radius 1 is 1.25 bits per heavy atom. The van der Waals surface area contributed by atoms with E-state index in [-0.39, 0.29) is 0 Å². The van der Waals surface area contributed by atoms with E-state index >= 15 is 0 Å². The molecule has 0 amide bonds. The van der Waals surface area contributed by atoms with Gasteiger partial charge in [-0.25, -0.2) is 0 Å². The molecule has 1 N–H and O–H groups in total. The van der Waals surface area contributed by atoms with E-state index < -0.39 is 0 Å². The fourth-order valence-corrected chi connectivity index (χ4v) is 3.96. The smallest absolute Gasteiger partial charge is 0.0270 e. The van der Waals surface area contributed by atoms with Crippen LogP contribution in [-0.2, 0) is 6.42 Å². The van der Waals surface area contributed by atoms with Gasteiger partial charge in [0.25, 0.3) is 0 Å². The van der Waals surface area contributed by atoms with Gasteiger partial charge >= 0.3 is 0 Å². The van der Waals surface area contributed by atoms with Gasteiger partial charge < -0.3 is 5.32 Å². The van der Waals surface area contributed by atoms with Gasteiger partial charge in [-0.3, -0.25) is 4.98 Å². The first-order chi connectivity index (χ1) is 9.53. The highest BCUT2D eigenvalue weighted by Crippen LogP contribution is 2.42. The molecule has 1 aliphatic rings. The summed E-state index contributed by atoms with van der Waals surface area (Å²) >= 11 is 0. The van der Waals surface area contributed by atoms with Crippen LogP contribution >= 0.6 is 0 Å². The van der Waals surface area contributed by atoms with Crippen LogP contribution in [0.2, 0.25) is 0 Å². The Morgan fingerprint density at radius 3 is 2.60 bits per heavy atom. The number of pyridine rings is 1. The molecular weight excluding hydrogens is 244 g/mol. The van der Waals surface area contributed by atoms with E-state index in [1.165, 1.54) is 24.8 Å². The number of hydrogen-bond donors (Lipinski definition) is 1. The van der Waals surface area contributed by atoms with E-state index in [1.807, 2.05) is 12.4 Å². The van der Waals surface area contributed by atoms with E-state index in [4.69, 9.17) is 0 Å². The summed E-state index contributed by atoms with van der Waals surface area (Å²) in [6, 6.07) is 5.01. The topological polar surface area (TPSA) is 24.9 Å². The molecule has 2 heteroatoms. The summed E-state index contributed by atoms with van der Waals surface area (Å²) in [6.45, 7) is 10.6. The highest BCUT2D eigenvalue weighted by molar-refractivity contribution is 5.13. The lowest BCUT2D eigenvalue weighted by molar-refractivity contribution is 0.0949. The van der Waals surface area contributed by atoms with E-state index in [0.717, 1.165) is 24.8 Å². The van der Waals surface area contributed by atoms with Crippen molar-refractivity contribution >= 4 is 0 Å². The molecule has 3 atom stereocenters. The molecule has 1 heterocycles. The zero-order valence-electron chi connectivity index (χ0n) is 13.5. The Morgan fingerprint density at radius 2 is 1.95 bits per heavy atom. The molecule has 0 aliphatic heterocycles. The third kappa shape index (κ3) is 3.82. The van der Waals surface area contributed by atoms with Crippen LogP contribution in [0.5, 0.6) is 0 Å². The third-order valence-corrected chi connectivity index (χ3v) is 4.99. The van der Waals surface area contributed by atoms with Crippen LogP contribution in [0.4, 0.5) is 0 Å². The van der Waals surface area contributed by atoms with Crippen LogP contribution < -0.4 is 5.32 Å². The zero-order chi connectivity index (χ0) is 14.6. The Labute approximate surface area is 124 Å². The maximum atomic E-state index is 4.13. The van der Waals surface area contributed by atoms with E-state index in [9.17, 15) is 0 Å². The van der Waals surface area contributed by atoms with Crippen LogP contribution in [0.3, 0.4) is 0 Å². The second kappa shape index (κ2) is 6.71. The van der Waals surface area contributed by atoms with Crippen molar-refractivity contribution in [1.29, 1.82) is 0 Å². The summed E-state index contributed by atoms with van der Waals surface area (Å²) in [6.07, 6.45) is 9.05. The normalized spacial score (nSPS) is 27.5. The molecule has 112 valence electrons. The summed E-state index contributed by atoms with van der Waals surface area (Å²) in [5, 5.41) is 3.74. The number of hydrogen-bond acceptors (Lipinski definition) is 2. The van der Waals surface area contributed by atoms with Gasteiger partial charge in [0, 0.05) is 18.4 Å². The zero-order valence-corrected chi connectivity index (χ0v) is 13.5. The fourth-order valence-electron chi connectivity index (χ4n) is 3.96. The van der Waals surface area contributed by atoms with E-state index in [1.54, 1.807) is 0 Å². The van der Waals surface area contributed by atoms with Crippen molar-refractivity contribution in [3.05, 3.63) is 30.1 Å². The molecule has 1 aromatic rings. The molecule has 0 spiro atoms. The monoisotopic (exact) mass is 274 g/mol. The first kappa shape index (κ1) is 15.5. The Balaban J connectivity index is 2.09. The fraction of sp³-hybridized carbons (Fsp3) is 0.722. The molecule has 0 aromatic carbocycles. The first-order valence-electron chi connectivity index (χ1n) is 8.15. The number of rotatable bonds is 5. The molecule has 1 saturated carbocycles. The molecule has 1 aromatic heterocycles. The molecule has 2 nitrogen and oxygen atoms in total. The maximum Gasteiger partial charge on any atom is 0.0270 e. The predicted molar refractivity (Wildman–Crippen MR) is 85.7 cm³/mol. The molecule has 20 heavy (non-hydrogen) atoms. The Kier molecular flexibility index (Phi) is 5.20. The van der Waals surface area contributed by atoms with Crippen molar-refractivity contribution in [3.63, 3.8) is 0 Å². The minimum Gasteiger partial charge on any atom is -0.314 e. The van der Waals surface area contributed by atoms with Gasteiger partial charge in [0.2, 0.25) is 0 Å². The Hall–Kier alpha value is -0.890. The highest BCUT2D eigenvalue weighted by atomic mass is 14.9. The summed E-state index contributed by atoms with van der Waals surface area (Å²) in [4.78, 5) is 4.13. The summed E-state index contributed by atoms with van der Waals surface area (Å²) in [7, 11) is 0. The number of nitrogens with zero attached hydrogens (tertiary/aromatic N) is 1. The summed E-state index contributed by atoms with van der Waals surface area (Å²) in [5.41, 5.74) is 1.76. The van der Waals surface area contributed by atoms with E-state index in [0.29, 0.717) is 11.5 Å². The average Bonchev–Trinajstić information content (AvgIpc) is 2.39. The third-order valence-electron chi connectivity index (χ3n) is 4.99. The largest absolute Gasteiger partial charge is 0.314 e.